The number of halogens is 2. The van der Waals surface area contributed by atoms with Crippen molar-refractivity contribution in [1.29, 1.82) is 0 Å². The average molecular weight is 306 g/mol. The molecule has 0 spiro atoms. The van der Waals surface area contributed by atoms with Gasteiger partial charge < -0.3 is 11.1 Å². The molecule has 1 amide bonds. The summed E-state index contributed by atoms with van der Waals surface area (Å²) >= 11 is 4.81. The van der Waals surface area contributed by atoms with Gasteiger partial charge in [-0.1, -0.05) is 24.4 Å². The maximum Gasteiger partial charge on any atom is 0.251 e. The quantitative estimate of drug-likeness (QED) is 0.854. The van der Waals surface area contributed by atoms with Crippen LogP contribution >= 0.6 is 12.2 Å². The van der Waals surface area contributed by atoms with E-state index in [-0.39, 0.29) is 17.1 Å². The Kier molecular flexibility index (Phi) is 4.59. The van der Waals surface area contributed by atoms with Gasteiger partial charge in [-0.25, -0.2) is 8.78 Å². The molecule has 0 aromatic heterocycles. The van der Waals surface area contributed by atoms with Crippen LogP contribution in [0.3, 0.4) is 0 Å². The van der Waals surface area contributed by atoms with Crippen LogP contribution in [-0.4, -0.2) is 10.9 Å². The third kappa shape index (κ3) is 3.82. The molecule has 3 nitrogen and oxygen atoms in total. The normalized spacial score (nSPS) is 10.2. The van der Waals surface area contributed by atoms with Gasteiger partial charge in [0.1, 0.15) is 16.6 Å². The lowest BCUT2D eigenvalue weighted by atomic mass is 10.1. The van der Waals surface area contributed by atoms with Gasteiger partial charge in [0.15, 0.2) is 0 Å². The number of hydrogen-bond acceptors (Lipinski definition) is 2. The lowest BCUT2D eigenvalue weighted by molar-refractivity contribution is 0.0950. The molecule has 6 heteroatoms. The first kappa shape index (κ1) is 15.1. The Hall–Kier alpha value is -2.34. The number of hydrogen-bond donors (Lipinski definition) is 2. The summed E-state index contributed by atoms with van der Waals surface area (Å²) in [5, 5.41) is 2.52. The summed E-state index contributed by atoms with van der Waals surface area (Å²) in [6.45, 7) is -0.0977. The van der Waals surface area contributed by atoms with Crippen molar-refractivity contribution < 1.29 is 13.6 Å². The van der Waals surface area contributed by atoms with Crippen LogP contribution in [0.1, 0.15) is 21.5 Å². The van der Waals surface area contributed by atoms with E-state index in [0.29, 0.717) is 11.1 Å². The Bertz CT molecular complexity index is 687. The summed E-state index contributed by atoms with van der Waals surface area (Å²) in [6, 6.07) is 9.46. The molecule has 108 valence electrons. The van der Waals surface area contributed by atoms with Crippen LogP contribution in [0.4, 0.5) is 8.78 Å². The maximum absolute atomic E-state index is 13.4. The first-order valence-corrected chi connectivity index (χ1v) is 6.50. The maximum atomic E-state index is 13.4. The molecule has 2 aromatic carbocycles. The van der Waals surface area contributed by atoms with Crippen molar-refractivity contribution in [3.8, 4) is 0 Å². The molecule has 0 unspecified atom stereocenters. The van der Waals surface area contributed by atoms with Crippen LogP contribution in [0.5, 0.6) is 0 Å². The zero-order valence-corrected chi connectivity index (χ0v) is 11.7. The van der Waals surface area contributed by atoms with Gasteiger partial charge in [-0.3, -0.25) is 4.79 Å². The molecule has 0 aliphatic rings. The number of nitrogens with two attached hydrogens (primary N) is 1. The molecule has 21 heavy (non-hydrogen) atoms. The van der Waals surface area contributed by atoms with E-state index in [2.05, 4.69) is 5.32 Å². The molecule has 0 saturated carbocycles. The molecule has 0 aliphatic carbocycles. The lowest BCUT2D eigenvalue weighted by Gasteiger charge is -2.07. The van der Waals surface area contributed by atoms with Gasteiger partial charge >= 0.3 is 0 Å². The molecule has 0 bridgehead atoms. The number of rotatable bonds is 4. The Balaban J connectivity index is 2.04. The predicted molar refractivity (Wildman–Crippen MR) is 79.9 cm³/mol. The third-order valence-corrected chi connectivity index (χ3v) is 3.11. The smallest absolute Gasteiger partial charge is 0.251 e. The number of carbonyl (C=O) groups excluding carboxylic acids is 1. The van der Waals surface area contributed by atoms with Gasteiger partial charge in [0.2, 0.25) is 0 Å². The van der Waals surface area contributed by atoms with E-state index in [4.69, 9.17) is 18.0 Å². The Morgan fingerprint density at radius 1 is 1.10 bits per heavy atom. The highest BCUT2D eigenvalue weighted by Crippen LogP contribution is 2.10. The van der Waals surface area contributed by atoms with E-state index < -0.39 is 17.5 Å². The highest BCUT2D eigenvalue weighted by Gasteiger charge is 2.08. The van der Waals surface area contributed by atoms with E-state index in [0.717, 1.165) is 18.2 Å². The summed E-state index contributed by atoms with van der Waals surface area (Å²) in [7, 11) is 0. The molecule has 2 aromatic rings. The van der Waals surface area contributed by atoms with Crippen LogP contribution in [0.25, 0.3) is 0 Å². The molecular formula is C15H12F2N2OS. The van der Waals surface area contributed by atoms with Crippen molar-refractivity contribution in [3.05, 3.63) is 70.8 Å². The monoisotopic (exact) mass is 306 g/mol. The molecule has 0 aliphatic heterocycles. The first-order chi connectivity index (χ1) is 9.97. The van der Waals surface area contributed by atoms with Gasteiger partial charge in [0.05, 0.1) is 0 Å². The van der Waals surface area contributed by atoms with Crippen LogP contribution < -0.4 is 11.1 Å². The van der Waals surface area contributed by atoms with Crippen LogP contribution in [0.2, 0.25) is 0 Å². The fraction of sp³-hybridized carbons (Fsp3) is 0.0667. The second-order valence-corrected chi connectivity index (χ2v) is 4.80. The molecule has 3 N–H and O–H groups in total. The number of carbonyl (C=O) groups is 1. The van der Waals surface area contributed by atoms with Gasteiger partial charge in [0, 0.05) is 23.2 Å². The third-order valence-electron chi connectivity index (χ3n) is 2.88. The molecule has 0 fully saturated rings. The second-order valence-electron chi connectivity index (χ2n) is 4.36. The fourth-order valence-electron chi connectivity index (χ4n) is 1.74. The minimum Gasteiger partial charge on any atom is -0.389 e. The van der Waals surface area contributed by atoms with Gasteiger partial charge in [0.25, 0.3) is 5.91 Å². The highest BCUT2D eigenvalue weighted by molar-refractivity contribution is 7.80. The fourth-order valence-corrected chi connectivity index (χ4v) is 1.88. The number of thiocarbonyl (C=S) groups is 1. The first-order valence-electron chi connectivity index (χ1n) is 6.09. The van der Waals surface area contributed by atoms with Gasteiger partial charge in [-0.2, -0.15) is 0 Å². The van der Waals surface area contributed by atoms with Gasteiger partial charge in [-0.15, -0.1) is 0 Å². The topological polar surface area (TPSA) is 55.1 Å². The number of nitrogens with one attached hydrogen (secondary N) is 1. The summed E-state index contributed by atoms with van der Waals surface area (Å²) in [6.07, 6.45) is 0. The standard InChI is InChI=1S/C15H12F2N2OS/c16-12-5-6-13(17)11(7-12)8-19-15(20)10-3-1-9(2-4-10)14(18)21/h1-7H,8H2,(H2,18,21)(H,19,20). The van der Waals surface area contributed by atoms with Crippen molar-refractivity contribution in [2.75, 3.05) is 0 Å². The minimum atomic E-state index is -0.569. The summed E-state index contributed by atoms with van der Waals surface area (Å²) in [5.74, 6) is -1.52. The van der Waals surface area contributed by atoms with Crippen molar-refractivity contribution >= 4 is 23.1 Å². The van der Waals surface area contributed by atoms with Crippen molar-refractivity contribution in [3.63, 3.8) is 0 Å². The zero-order chi connectivity index (χ0) is 15.4. The van der Waals surface area contributed by atoms with Crippen LogP contribution in [0.15, 0.2) is 42.5 Å². The van der Waals surface area contributed by atoms with E-state index in [1.165, 1.54) is 0 Å². The Morgan fingerprint density at radius 2 is 1.71 bits per heavy atom. The van der Waals surface area contributed by atoms with Crippen molar-refractivity contribution in [1.82, 2.24) is 5.32 Å². The van der Waals surface area contributed by atoms with Crippen molar-refractivity contribution in [2.45, 2.75) is 6.54 Å². The van der Waals surface area contributed by atoms with Crippen molar-refractivity contribution in [2.24, 2.45) is 5.73 Å². The summed E-state index contributed by atoms with van der Waals surface area (Å²) in [5.41, 5.74) is 6.58. The largest absolute Gasteiger partial charge is 0.389 e. The molecule has 0 heterocycles. The molecule has 2 rings (SSSR count). The average Bonchev–Trinajstić information content (AvgIpc) is 2.48. The van der Waals surface area contributed by atoms with Gasteiger partial charge in [-0.05, 0) is 30.3 Å². The molecule has 0 radical (unpaired) electrons. The lowest BCUT2D eigenvalue weighted by Crippen LogP contribution is -2.23. The molecule has 0 atom stereocenters. The predicted octanol–water partition coefficient (Wildman–Crippen LogP) is 2.53. The van der Waals surface area contributed by atoms with Crippen LogP contribution in [-0.2, 0) is 6.54 Å². The summed E-state index contributed by atoms with van der Waals surface area (Å²) in [4.78, 5) is 12.1. The highest BCUT2D eigenvalue weighted by atomic mass is 32.1. The second kappa shape index (κ2) is 6.41. The zero-order valence-electron chi connectivity index (χ0n) is 10.9. The van der Waals surface area contributed by atoms with E-state index in [1.807, 2.05) is 0 Å². The molecular weight excluding hydrogens is 294 g/mol. The van der Waals surface area contributed by atoms with E-state index in [9.17, 15) is 13.6 Å². The number of amides is 1. The van der Waals surface area contributed by atoms with E-state index in [1.54, 1.807) is 24.3 Å². The molecule has 0 saturated heterocycles. The Morgan fingerprint density at radius 3 is 2.33 bits per heavy atom. The number of benzene rings is 2. The van der Waals surface area contributed by atoms with Crippen LogP contribution in [0, 0.1) is 11.6 Å². The minimum absolute atomic E-state index is 0.0862. The SMILES string of the molecule is NC(=S)c1ccc(C(=O)NCc2cc(F)ccc2F)cc1. The van der Waals surface area contributed by atoms with E-state index >= 15 is 0 Å². The Labute approximate surface area is 125 Å². The summed E-state index contributed by atoms with van der Waals surface area (Å²) < 4.78 is 26.4.